The largest absolute Gasteiger partial charge is 0.371 e. The minimum atomic E-state index is 0.182. The van der Waals surface area contributed by atoms with Gasteiger partial charge >= 0.3 is 0 Å². The number of ether oxygens (including phenoxy) is 1. The second kappa shape index (κ2) is 3.85. The van der Waals surface area contributed by atoms with Gasteiger partial charge in [-0.05, 0) is 12.5 Å². The number of nitrogens with zero attached hydrogens (tertiary/aromatic N) is 1. The van der Waals surface area contributed by atoms with Crippen LogP contribution in [-0.2, 0) is 4.74 Å². The van der Waals surface area contributed by atoms with Crippen molar-refractivity contribution in [1.82, 2.24) is 10.3 Å². The third-order valence-electron chi connectivity index (χ3n) is 2.20. The van der Waals surface area contributed by atoms with Crippen LogP contribution in [0.25, 0.3) is 0 Å². The van der Waals surface area contributed by atoms with Gasteiger partial charge in [-0.15, -0.1) is 0 Å². The van der Waals surface area contributed by atoms with E-state index in [2.05, 4.69) is 16.4 Å². The molecule has 1 atom stereocenters. The summed E-state index contributed by atoms with van der Waals surface area (Å²) in [4.78, 5) is 4.15. The first-order valence-corrected chi connectivity index (χ1v) is 4.60. The first kappa shape index (κ1) is 8.66. The molecule has 0 saturated carbocycles. The quantitative estimate of drug-likeness (QED) is 0.698. The molecule has 0 aliphatic carbocycles. The van der Waals surface area contributed by atoms with Crippen LogP contribution in [0, 0.1) is 6.92 Å². The van der Waals surface area contributed by atoms with Crippen molar-refractivity contribution in [2.45, 2.75) is 13.0 Å². The van der Waals surface area contributed by atoms with Crippen LogP contribution in [0.5, 0.6) is 0 Å². The molecule has 1 unspecified atom stereocenters. The van der Waals surface area contributed by atoms with Crippen molar-refractivity contribution in [3.05, 3.63) is 29.6 Å². The lowest BCUT2D eigenvalue weighted by Gasteiger charge is -2.23. The molecule has 1 fully saturated rings. The zero-order valence-corrected chi connectivity index (χ0v) is 7.79. The van der Waals surface area contributed by atoms with Crippen molar-refractivity contribution in [2.24, 2.45) is 0 Å². The Morgan fingerprint density at radius 2 is 2.46 bits per heavy atom. The Morgan fingerprint density at radius 3 is 3.15 bits per heavy atom. The number of hydrogen-bond donors (Lipinski definition) is 1. The van der Waals surface area contributed by atoms with Crippen LogP contribution in [-0.4, -0.2) is 24.7 Å². The van der Waals surface area contributed by atoms with E-state index >= 15 is 0 Å². The minimum Gasteiger partial charge on any atom is -0.371 e. The topological polar surface area (TPSA) is 34.2 Å². The average Bonchev–Trinajstić information content (AvgIpc) is 2.19. The Hall–Kier alpha value is -0.930. The summed E-state index contributed by atoms with van der Waals surface area (Å²) in [5, 5.41) is 3.30. The molecule has 0 amide bonds. The molecular formula is C10H14N2O. The highest BCUT2D eigenvalue weighted by molar-refractivity contribution is 5.19. The van der Waals surface area contributed by atoms with E-state index in [4.69, 9.17) is 4.74 Å². The first-order chi connectivity index (χ1) is 6.36. The minimum absolute atomic E-state index is 0.182. The summed E-state index contributed by atoms with van der Waals surface area (Å²) >= 11 is 0. The van der Waals surface area contributed by atoms with Crippen LogP contribution in [0.4, 0.5) is 0 Å². The maximum Gasteiger partial charge on any atom is 0.0964 e. The Bertz CT molecular complexity index is 282. The normalized spacial score (nSPS) is 23.0. The number of pyridine rings is 1. The molecule has 1 N–H and O–H groups in total. The highest BCUT2D eigenvalue weighted by Gasteiger charge is 2.15. The van der Waals surface area contributed by atoms with Crippen LogP contribution in [0.15, 0.2) is 18.5 Å². The van der Waals surface area contributed by atoms with Crippen molar-refractivity contribution >= 4 is 0 Å². The van der Waals surface area contributed by atoms with Crippen molar-refractivity contribution in [3.8, 4) is 0 Å². The Kier molecular flexibility index (Phi) is 2.57. The van der Waals surface area contributed by atoms with Gasteiger partial charge in [0.25, 0.3) is 0 Å². The fourth-order valence-electron chi connectivity index (χ4n) is 1.53. The lowest BCUT2D eigenvalue weighted by molar-refractivity contribution is 0.0274. The smallest absolute Gasteiger partial charge is 0.0964 e. The molecule has 1 aliphatic rings. The van der Waals surface area contributed by atoms with Crippen LogP contribution in [0.3, 0.4) is 0 Å². The third-order valence-corrected chi connectivity index (χ3v) is 2.20. The zero-order valence-electron chi connectivity index (χ0n) is 7.79. The molecule has 1 aliphatic heterocycles. The fraction of sp³-hybridized carbons (Fsp3) is 0.500. The van der Waals surface area contributed by atoms with Crippen LogP contribution in [0.2, 0.25) is 0 Å². The number of nitrogens with one attached hydrogen (secondary N) is 1. The molecule has 0 aromatic carbocycles. The van der Waals surface area contributed by atoms with Crippen molar-refractivity contribution in [2.75, 3.05) is 19.7 Å². The molecule has 2 rings (SSSR count). The molecule has 2 heterocycles. The number of aryl methyl sites for hydroxylation is 1. The molecule has 1 aromatic heterocycles. The summed E-state index contributed by atoms with van der Waals surface area (Å²) in [6.45, 7) is 4.69. The lowest BCUT2D eigenvalue weighted by atomic mass is 10.1. The standard InChI is InChI=1S/C10H14N2O/c1-8-4-9(6-12-5-8)10-7-11-2-3-13-10/h4-6,10-11H,2-3,7H2,1H3. The van der Waals surface area contributed by atoms with Gasteiger partial charge in [-0.3, -0.25) is 4.98 Å². The second-order valence-electron chi connectivity index (χ2n) is 3.36. The molecule has 0 radical (unpaired) electrons. The summed E-state index contributed by atoms with van der Waals surface area (Å²) in [7, 11) is 0. The molecule has 0 spiro atoms. The van der Waals surface area contributed by atoms with E-state index in [0.717, 1.165) is 19.7 Å². The maximum atomic E-state index is 5.62. The van der Waals surface area contributed by atoms with E-state index in [1.165, 1.54) is 11.1 Å². The van der Waals surface area contributed by atoms with E-state index in [0.29, 0.717) is 0 Å². The SMILES string of the molecule is Cc1cncc(C2CNCCO2)c1. The molecule has 1 aromatic rings. The number of hydrogen-bond acceptors (Lipinski definition) is 3. The summed E-state index contributed by atoms with van der Waals surface area (Å²) in [5.41, 5.74) is 2.36. The van der Waals surface area contributed by atoms with Gasteiger partial charge in [-0.1, -0.05) is 6.07 Å². The molecule has 70 valence electrons. The van der Waals surface area contributed by atoms with Gasteiger partial charge in [0.1, 0.15) is 0 Å². The van der Waals surface area contributed by atoms with E-state index in [-0.39, 0.29) is 6.10 Å². The Morgan fingerprint density at radius 1 is 1.54 bits per heavy atom. The Labute approximate surface area is 78.1 Å². The lowest BCUT2D eigenvalue weighted by Crippen LogP contribution is -2.33. The highest BCUT2D eigenvalue weighted by atomic mass is 16.5. The van der Waals surface area contributed by atoms with Crippen molar-refractivity contribution < 1.29 is 4.74 Å². The molecular weight excluding hydrogens is 164 g/mol. The molecule has 1 saturated heterocycles. The second-order valence-corrected chi connectivity index (χ2v) is 3.36. The number of rotatable bonds is 1. The maximum absolute atomic E-state index is 5.62. The fourth-order valence-corrected chi connectivity index (χ4v) is 1.53. The zero-order chi connectivity index (χ0) is 9.10. The van der Waals surface area contributed by atoms with Gasteiger partial charge in [0.15, 0.2) is 0 Å². The van der Waals surface area contributed by atoms with E-state index < -0.39 is 0 Å². The molecule has 13 heavy (non-hydrogen) atoms. The summed E-state index contributed by atoms with van der Waals surface area (Å²) in [5.74, 6) is 0. The van der Waals surface area contributed by atoms with Crippen LogP contribution < -0.4 is 5.32 Å². The monoisotopic (exact) mass is 178 g/mol. The predicted octanol–water partition coefficient (Wildman–Crippen LogP) is 1.05. The highest BCUT2D eigenvalue weighted by Crippen LogP contribution is 2.18. The first-order valence-electron chi connectivity index (χ1n) is 4.60. The van der Waals surface area contributed by atoms with Gasteiger partial charge in [-0.2, -0.15) is 0 Å². The number of morpholine rings is 1. The predicted molar refractivity (Wildman–Crippen MR) is 50.5 cm³/mol. The average molecular weight is 178 g/mol. The van der Waals surface area contributed by atoms with E-state index in [1.54, 1.807) is 0 Å². The van der Waals surface area contributed by atoms with E-state index in [9.17, 15) is 0 Å². The van der Waals surface area contributed by atoms with Crippen molar-refractivity contribution in [3.63, 3.8) is 0 Å². The molecule has 3 nitrogen and oxygen atoms in total. The van der Waals surface area contributed by atoms with Crippen LogP contribution in [0.1, 0.15) is 17.2 Å². The van der Waals surface area contributed by atoms with Gasteiger partial charge in [0, 0.05) is 31.0 Å². The van der Waals surface area contributed by atoms with Gasteiger partial charge in [0.05, 0.1) is 12.7 Å². The Balaban J connectivity index is 2.14. The van der Waals surface area contributed by atoms with Gasteiger partial charge < -0.3 is 10.1 Å². The summed E-state index contributed by atoms with van der Waals surface area (Å²) in [6.07, 6.45) is 3.92. The third kappa shape index (κ3) is 2.05. The molecule has 0 bridgehead atoms. The van der Waals surface area contributed by atoms with E-state index in [1.807, 2.05) is 19.3 Å². The van der Waals surface area contributed by atoms with Crippen molar-refractivity contribution in [1.29, 1.82) is 0 Å². The molecule has 3 heteroatoms. The van der Waals surface area contributed by atoms with Gasteiger partial charge in [-0.25, -0.2) is 0 Å². The summed E-state index contributed by atoms with van der Waals surface area (Å²) in [6, 6.07) is 2.13. The van der Waals surface area contributed by atoms with Crippen LogP contribution >= 0.6 is 0 Å². The number of aromatic nitrogens is 1. The summed E-state index contributed by atoms with van der Waals surface area (Å²) < 4.78 is 5.62. The van der Waals surface area contributed by atoms with Gasteiger partial charge in [0.2, 0.25) is 0 Å².